The van der Waals surface area contributed by atoms with Crippen LogP contribution < -0.4 is 10.2 Å². The first-order valence-electron chi connectivity index (χ1n) is 9.23. The van der Waals surface area contributed by atoms with Gasteiger partial charge in [0.25, 0.3) is 5.69 Å². The number of nitrogens with zero attached hydrogens (tertiary/aromatic N) is 2. The van der Waals surface area contributed by atoms with E-state index in [0.29, 0.717) is 31.4 Å². The summed E-state index contributed by atoms with van der Waals surface area (Å²) >= 11 is 6.87. The Kier molecular flexibility index (Phi) is 8.07. The van der Waals surface area contributed by atoms with Crippen molar-refractivity contribution in [3.8, 4) is 5.75 Å². The molecule has 3 aromatic rings. The molecule has 0 atom stereocenters. The monoisotopic (exact) mass is 563 g/mol. The summed E-state index contributed by atoms with van der Waals surface area (Å²) in [7, 11) is 0. The SMILES string of the molecule is O=C(Cc1ccc(F)cc1)N/N=C/c1cc(Br)c(OCc2cccc([N+](=O)[O-])c2)c(Br)c1. The van der Waals surface area contributed by atoms with E-state index in [9.17, 15) is 19.3 Å². The Morgan fingerprint density at radius 2 is 1.78 bits per heavy atom. The highest BCUT2D eigenvalue weighted by molar-refractivity contribution is 9.11. The molecule has 0 aliphatic carbocycles. The van der Waals surface area contributed by atoms with Gasteiger partial charge in [0.2, 0.25) is 5.91 Å². The Morgan fingerprint density at radius 3 is 2.44 bits per heavy atom. The largest absolute Gasteiger partial charge is 0.487 e. The molecular formula is C22H16Br2FN3O4. The van der Waals surface area contributed by atoms with E-state index in [1.54, 1.807) is 36.4 Å². The maximum Gasteiger partial charge on any atom is 0.269 e. The third-order valence-corrected chi connectivity index (χ3v) is 5.38. The van der Waals surface area contributed by atoms with Gasteiger partial charge in [-0.15, -0.1) is 0 Å². The molecule has 0 aliphatic heterocycles. The predicted octanol–water partition coefficient (Wildman–Crippen LogP) is 5.53. The Morgan fingerprint density at radius 1 is 1.09 bits per heavy atom. The topological polar surface area (TPSA) is 93.8 Å². The number of nitro groups is 1. The number of nitrogens with one attached hydrogen (secondary N) is 1. The van der Waals surface area contributed by atoms with E-state index >= 15 is 0 Å². The van der Waals surface area contributed by atoms with Crippen molar-refractivity contribution in [3.63, 3.8) is 0 Å². The van der Waals surface area contributed by atoms with Crippen LogP contribution in [0.1, 0.15) is 16.7 Å². The van der Waals surface area contributed by atoms with Gasteiger partial charge in [0.1, 0.15) is 18.2 Å². The van der Waals surface area contributed by atoms with Gasteiger partial charge >= 0.3 is 0 Å². The van der Waals surface area contributed by atoms with Crippen LogP contribution >= 0.6 is 31.9 Å². The highest BCUT2D eigenvalue weighted by atomic mass is 79.9. The summed E-state index contributed by atoms with van der Waals surface area (Å²) in [4.78, 5) is 22.4. The van der Waals surface area contributed by atoms with E-state index in [1.165, 1.54) is 30.5 Å². The maximum absolute atomic E-state index is 12.9. The van der Waals surface area contributed by atoms with Crippen LogP contribution in [0.3, 0.4) is 0 Å². The second-order valence-corrected chi connectivity index (χ2v) is 8.33. The van der Waals surface area contributed by atoms with E-state index in [0.717, 1.165) is 0 Å². The van der Waals surface area contributed by atoms with Crippen LogP contribution in [-0.2, 0) is 17.8 Å². The third-order valence-electron chi connectivity index (χ3n) is 4.21. The summed E-state index contributed by atoms with van der Waals surface area (Å²) in [6.07, 6.45) is 1.55. The molecule has 0 unspecified atom stereocenters. The number of benzene rings is 3. The molecular weight excluding hydrogens is 549 g/mol. The minimum Gasteiger partial charge on any atom is -0.487 e. The van der Waals surface area contributed by atoms with Crippen molar-refractivity contribution in [1.82, 2.24) is 5.43 Å². The quantitative estimate of drug-likeness (QED) is 0.221. The van der Waals surface area contributed by atoms with Crippen molar-refractivity contribution in [1.29, 1.82) is 0 Å². The number of hydrazone groups is 1. The summed E-state index contributed by atoms with van der Waals surface area (Å²) in [6.45, 7) is 0.145. The summed E-state index contributed by atoms with van der Waals surface area (Å²) in [5.41, 5.74) is 4.45. The fraction of sp³-hybridized carbons (Fsp3) is 0.0909. The van der Waals surface area contributed by atoms with Gasteiger partial charge in [-0.1, -0.05) is 24.3 Å². The first-order chi connectivity index (χ1) is 15.3. The number of rotatable bonds is 8. The number of hydrogen-bond acceptors (Lipinski definition) is 5. The molecule has 3 aromatic carbocycles. The van der Waals surface area contributed by atoms with Crippen molar-refractivity contribution in [2.75, 3.05) is 0 Å². The number of ether oxygens (including phenoxy) is 1. The number of hydrogen-bond donors (Lipinski definition) is 1. The number of nitro benzene ring substituents is 1. The first-order valence-corrected chi connectivity index (χ1v) is 10.8. The zero-order chi connectivity index (χ0) is 23.1. The Labute approximate surface area is 199 Å². The zero-order valence-corrected chi connectivity index (χ0v) is 19.6. The molecule has 7 nitrogen and oxygen atoms in total. The number of carbonyl (C=O) groups is 1. The third kappa shape index (κ3) is 6.69. The Hall–Kier alpha value is -3.11. The molecule has 0 radical (unpaired) electrons. The lowest BCUT2D eigenvalue weighted by Gasteiger charge is -2.11. The molecule has 0 saturated carbocycles. The van der Waals surface area contributed by atoms with Crippen molar-refractivity contribution in [2.24, 2.45) is 5.10 Å². The van der Waals surface area contributed by atoms with Crippen LogP contribution in [0.25, 0.3) is 0 Å². The average molecular weight is 565 g/mol. The fourth-order valence-corrected chi connectivity index (χ4v) is 4.16. The van der Waals surface area contributed by atoms with Crippen molar-refractivity contribution in [3.05, 3.63) is 102 Å². The summed E-state index contributed by atoms with van der Waals surface area (Å²) in [5, 5.41) is 14.8. The van der Waals surface area contributed by atoms with Gasteiger partial charge in [-0.3, -0.25) is 14.9 Å². The Bertz CT molecular complexity index is 1150. The first kappa shape index (κ1) is 23.6. The smallest absolute Gasteiger partial charge is 0.269 e. The average Bonchev–Trinajstić information content (AvgIpc) is 2.75. The van der Waals surface area contributed by atoms with Gasteiger partial charge in [-0.2, -0.15) is 5.10 Å². The van der Waals surface area contributed by atoms with Crippen LogP contribution in [0.4, 0.5) is 10.1 Å². The van der Waals surface area contributed by atoms with Gasteiger partial charge in [-0.25, -0.2) is 9.82 Å². The molecule has 0 heterocycles. The Balaban J connectivity index is 1.59. The van der Waals surface area contributed by atoms with Crippen LogP contribution in [0.2, 0.25) is 0 Å². The van der Waals surface area contributed by atoms with Crippen LogP contribution in [-0.4, -0.2) is 17.0 Å². The van der Waals surface area contributed by atoms with Gasteiger partial charge in [-0.05, 0) is 72.8 Å². The minimum atomic E-state index is -0.456. The molecule has 164 valence electrons. The number of carbonyl (C=O) groups excluding carboxylic acids is 1. The lowest BCUT2D eigenvalue weighted by molar-refractivity contribution is -0.384. The normalized spacial score (nSPS) is 10.8. The van der Waals surface area contributed by atoms with Gasteiger partial charge < -0.3 is 4.74 Å². The molecule has 3 rings (SSSR count). The van der Waals surface area contributed by atoms with Crippen LogP contribution in [0, 0.1) is 15.9 Å². The molecule has 1 N–H and O–H groups in total. The highest BCUT2D eigenvalue weighted by Gasteiger charge is 2.11. The zero-order valence-electron chi connectivity index (χ0n) is 16.4. The summed E-state index contributed by atoms with van der Waals surface area (Å²) in [5.74, 6) is -0.169. The standard InChI is InChI=1S/C22H16Br2FN3O4/c23-19-9-16(12-26-27-21(29)11-14-4-6-17(25)7-5-14)10-20(24)22(19)32-13-15-2-1-3-18(8-15)28(30)31/h1-10,12H,11,13H2,(H,27,29)/b26-12+. The van der Waals surface area contributed by atoms with Crippen LogP contribution in [0.15, 0.2) is 74.7 Å². The molecule has 0 spiro atoms. The fourth-order valence-electron chi connectivity index (χ4n) is 2.71. The number of non-ortho nitro benzene ring substituents is 1. The second-order valence-electron chi connectivity index (χ2n) is 6.63. The summed E-state index contributed by atoms with van der Waals surface area (Å²) < 4.78 is 20.0. The minimum absolute atomic E-state index is 0.00253. The van der Waals surface area contributed by atoms with E-state index < -0.39 is 4.92 Å². The van der Waals surface area contributed by atoms with E-state index in [2.05, 4.69) is 42.4 Å². The van der Waals surface area contributed by atoms with Crippen molar-refractivity contribution < 1.29 is 18.8 Å². The van der Waals surface area contributed by atoms with Gasteiger partial charge in [0, 0.05) is 12.1 Å². The van der Waals surface area contributed by atoms with E-state index in [4.69, 9.17) is 4.74 Å². The highest BCUT2D eigenvalue weighted by Crippen LogP contribution is 2.35. The lowest BCUT2D eigenvalue weighted by Crippen LogP contribution is -2.19. The molecule has 0 aliphatic rings. The molecule has 0 aromatic heterocycles. The molecule has 32 heavy (non-hydrogen) atoms. The van der Waals surface area contributed by atoms with Crippen molar-refractivity contribution in [2.45, 2.75) is 13.0 Å². The van der Waals surface area contributed by atoms with Crippen molar-refractivity contribution >= 4 is 49.7 Å². The lowest BCUT2D eigenvalue weighted by atomic mass is 10.1. The van der Waals surface area contributed by atoms with E-state index in [1.807, 2.05) is 0 Å². The van der Waals surface area contributed by atoms with Gasteiger partial charge in [0.05, 0.1) is 26.5 Å². The maximum atomic E-state index is 12.9. The molecule has 0 saturated heterocycles. The van der Waals surface area contributed by atoms with E-state index in [-0.39, 0.29) is 30.4 Å². The van der Waals surface area contributed by atoms with Crippen LogP contribution in [0.5, 0.6) is 5.75 Å². The second kappa shape index (κ2) is 11.0. The molecule has 0 fully saturated rings. The number of halogens is 3. The predicted molar refractivity (Wildman–Crippen MR) is 125 cm³/mol. The number of amides is 1. The molecule has 0 bridgehead atoms. The molecule has 1 amide bonds. The van der Waals surface area contributed by atoms with Gasteiger partial charge in [0.15, 0.2) is 0 Å². The molecule has 10 heteroatoms. The summed E-state index contributed by atoms with van der Waals surface area (Å²) in [6, 6.07) is 15.4.